The molecule has 1 saturated heterocycles. The first-order chi connectivity index (χ1) is 7.48. The van der Waals surface area contributed by atoms with Gasteiger partial charge in [-0.2, -0.15) is 13.2 Å². The molecule has 1 saturated carbocycles. The zero-order valence-corrected chi connectivity index (χ0v) is 9.21. The minimum atomic E-state index is -4.48. The highest BCUT2D eigenvalue weighted by atomic mass is 19.4. The molecule has 3 unspecified atom stereocenters. The summed E-state index contributed by atoms with van der Waals surface area (Å²) in [5.41, 5.74) is 0. The molecule has 0 aromatic rings. The van der Waals surface area contributed by atoms with E-state index in [1.165, 1.54) is 6.42 Å². The van der Waals surface area contributed by atoms with E-state index in [1.54, 1.807) is 0 Å². The third-order valence-electron chi connectivity index (χ3n) is 3.91. The maximum atomic E-state index is 12.2. The van der Waals surface area contributed by atoms with Gasteiger partial charge in [0.25, 0.3) is 0 Å². The second kappa shape index (κ2) is 4.53. The summed E-state index contributed by atoms with van der Waals surface area (Å²) in [4.78, 5) is 1.84. The molecule has 0 bridgehead atoms. The zero-order chi connectivity index (χ0) is 11.8. The predicted molar refractivity (Wildman–Crippen MR) is 54.0 cm³/mol. The number of alkyl halides is 3. The monoisotopic (exact) mass is 237 g/mol. The average Bonchev–Trinajstić information content (AvgIpc) is 2.61. The number of likely N-dealkylation sites (tertiary alicyclic amines) is 1. The maximum absolute atomic E-state index is 12.2. The Bertz CT molecular complexity index is 244. The molecule has 1 heterocycles. The van der Waals surface area contributed by atoms with Crippen LogP contribution in [0.25, 0.3) is 0 Å². The maximum Gasteiger partial charge on any atom is 0.415 e. The lowest BCUT2D eigenvalue weighted by Crippen LogP contribution is -2.44. The topological polar surface area (TPSA) is 23.5 Å². The summed E-state index contributed by atoms with van der Waals surface area (Å²) in [6.45, 7) is 0.465. The minimum absolute atomic E-state index is 0.245. The van der Waals surface area contributed by atoms with Crippen molar-refractivity contribution in [2.24, 2.45) is 5.92 Å². The standard InChI is InChI=1S/C11H18F3NO/c12-11(13,14)10(16)7-15-6-5-8-3-1-2-4-9(8)15/h8-10,16H,1-7H2. The fraction of sp³-hybridized carbons (Fsp3) is 1.00. The molecule has 0 spiro atoms. The normalized spacial score (nSPS) is 33.8. The molecule has 1 aliphatic carbocycles. The van der Waals surface area contributed by atoms with E-state index in [9.17, 15) is 13.2 Å². The molecule has 2 aliphatic rings. The number of hydrogen-bond acceptors (Lipinski definition) is 2. The number of aliphatic hydroxyl groups excluding tert-OH is 1. The van der Waals surface area contributed by atoms with Crippen molar-refractivity contribution < 1.29 is 18.3 Å². The zero-order valence-electron chi connectivity index (χ0n) is 9.21. The third kappa shape index (κ3) is 2.51. The van der Waals surface area contributed by atoms with Gasteiger partial charge in [-0.25, -0.2) is 0 Å². The van der Waals surface area contributed by atoms with Gasteiger partial charge in [-0.1, -0.05) is 12.8 Å². The van der Waals surface area contributed by atoms with Crippen LogP contribution in [0.4, 0.5) is 13.2 Å². The summed E-state index contributed by atoms with van der Waals surface area (Å²) in [5, 5.41) is 9.07. The van der Waals surface area contributed by atoms with E-state index in [4.69, 9.17) is 5.11 Å². The van der Waals surface area contributed by atoms with Crippen molar-refractivity contribution >= 4 is 0 Å². The number of rotatable bonds is 2. The minimum Gasteiger partial charge on any atom is -0.382 e. The number of β-amino-alcohol motifs (C(OH)–C–C–N with tert-alkyl or cyclic N) is 1. The molecule has 1 aliphatic heterocycles. The molecular formula is C11H18F3NO. The van der Waals surface area contributed by atoms with E-state index in [0.29, 0.717) is 12.5 Å². The Hall–Kier alpha value is -0.290. The highest BCUT2D eigenvalue weighted by molar-refractivity contribution is 4.91. The van der Waals surface area contributed by atoms with Gasteiger partial charge in [0.15, 0.2) is 6.10 Å². The highest BCUT2D eigenvalue weighted by Crippen LogP contribution is 2.36. The lowest BCUT2D eigenvalue weighted by Gasteiger charge is -2.33. The van der Waals surface area contributed by atoms with Crippen LogP contribution in [0.1, 0.15) is 32.1 Å². The largest absolute Gasteiger partial charge is 0.415 e. The van der Waals surface area contributed by atoms with Crippen molar-refractivity contribution in [3.05, 3.63) is 0 Å². The smallest absolute Gasteiger partial charge is 0.382 e. The first-order valence-electron chi connectivity index (χ1n) is 5.97. The summed E-state index contributed by atoms with van der Waals surface area (Å²) >= 11 is 0. The summed E-state index contributed by atoms with van der Waals surface area (Å²) in [6.07, 6.45) is -1.22. The molecule has 16 heavy (non-hydrogen) atoms. The predicted octanol–water partition coefficient (Wildman–Crippen LogP) is 2.17. The molecule has 2 fully saturated rings. The fourth-order valence-corrected chi connectivity index (χ4v) is 3.06. The molecule has 5 heteroatoms. The number of hydrogen-bond donors (Lipinski definition) is 1. The molecular weight excluding hydrogens is 219 g/mol. The van der Waals surface area contributed by atoms with Crippen molar-refractivity contribution in [2.45, 2.75) is 50.4 Å². The lowest BCUT2D eigenvalue weighted by atomic mass is 9.85. The van der Waals surface area contributed by atoms with E-state index in [0.717, 1.165) is 25.7 Å². The number of halogens is 3. The van der Waals surface area contributed by atoms with E-state index in [-0.39, 0.29) is 12.6 Å². The Kier molecular flexibility index (Phi) is 3.45. The molecule has 2 nitrogen and oxygen atoms in total. The van der Waals surface area contributed by atoms with Gasteiger partial charge in [0.05, 0.1) is 0 Å². The van der Waals surface area contributed by atoms with Crippen LogP contribution in [0.3, 0.4) is 0 Å². The number of aliphatic hydroxyl groups is 1. The van der Waals surface area contributed by atoms with E-state index in [2.05, 4.69) is 0 Å². The van der Waals surface area contributed by atoms with Crippen LogP contribution in [0.5, 0.6) is 0 Å². The Morgan fingerprint density at radius 1 is 1.19 bits per heavy atom. The fourth-order valence-electron chi connectivity index (χ4n) is 3.06. The van der Waals surface area contributed by atoms with E-state index < -0.39 is 12.3 Å². The summed E-state index contributed by atoms with van der Waals surface area (Å²) in [7, 11) is 0. The quantitative estimate of drug-likeness (QED) is 0.795. The average molecular weight is 237 g/mol. The van der Waals surface area contributed by atoms with Crippen LogP contribution in [-0.4, -0.2) is 41.4 Å². The van der Waals surface area contributed by atoms with Gasteiger partial charge in [-0.3, -0.25) is 4.90 Å². The molecule has 0 amide bonds. The van der Waals surface area contributed by atoms with Crippen LogP contribution < -0.4 is 0 Å². The van der Waals surface area contributed by atoms with Gasteiger partial charge in [0.2, 0.25) is 0 Å². The Morgan fingerprint density at radius 3 is 2.56 bits per heavy atom. The second-order valence-corrected chi connectivity index (χ2v) is 4.95. The van der Waals surface area contributed by atoms with Crippen LogP contribution in [0.15, 0.2) is 0 Å². The van der Waals surface area contributed by atoms with Gasteiger partial charge in [0.1, 0.15) is 0 Å². The molecule has 0 radical (unpaired) electrons. The van der Waals surface area contributed by atoms with Gasteiger partial charge >= 0.3 is 6.18 Å². The highest BCUT2D eigenvalue weighted by Gasteiger charge is 2.43. The number of nitrogens with zero attached hydrogens (tertiary/aromatic N) is 1. The van der Waals surface area contributed by atoms with E-state index >= 15 is 0 Å². The van der Waals surface area contributed by atoms with Crippen LogP contribution in [-0.2, 0) is 0 Å². The van der Waals surface area contributed by atoms with Gasteiger partial charge in [0, 0.05) is 12.6 Å². The molecule has 2 rings (SSSR count). The third-order valence-corrected chi connectivity index (χ3v) is 3.91. The van der Waals surface area contributed by atoms with Gasteiger partial charge < -0.3 is 5.11 Å². The Labute approximate surface area is 93.4 Å². The Balaban J connectivity index is 1.91. The lowest BCUT2D eigenvalue weighted by molar-refractivity contribution is -0.209. The van der Waals surface area contributed by atoms with Crippen molar-refractivity contribution in [3.8, 4) is 0 Å². The van der Waals surface area contributed by atoms with Crippen molar-refractivity contribution in [3.63, 3.8) is 0 Å². The first-order valence-corrected chi connectivity index (χ1v) is 5.97. The molecule has 1 N–H and O–H groups in total. The number of fused-ring (bicyclic) bond motifs is 1. The van der Waals surface area contributed by atoms with E-state index in [1.807, 2.05) is 4.90 Å². The molecule has 0 aromatic carbocycles. The summed E-state index contributed by atoms with van der Waals surface area (Å²) in [6, 6.07) is 0.283. The van der Waals surface area contributed by atoms with Gasteiger partial charge in [-0.15, -0.1) is 0 Å². The summed E-state index contributed by atoms with van der Waals surface area (Å²) < 4.78 is 36.7. The van der Waals surface area contributed by atoms with Crippen LogP contribution in [0.2, 0.25) is 0 Å². The first kappa shape index (κ1) is 12.2. The Morgan fingerprint density at radius 2 is 1.88 bits per heavy atom. The van der Waals surface area contributed by atoms with Crippen molar-refractivity contribution in [2.75, 3.05) is 13.1 Å². The van der Waals surface area contributed by atoms with Crippen molar-refractivity contribution in [1.29, 1.82) is 0 Å². The van der Waals surface area contributed by atoms with Crippen LogP contribution >= 0.6 is 0 Å². The SMILES string of the molecule is OC(CN1CCC2CCCCC21)C(F)(F)F. The van der Waals surface area contributed by atoms with Gasteiger partial charge in [-0.05, 0) is 31.7 Å². The molecule has 94 valence electrons. The van der Waals surface area contributed by atoms with Crippen molar-refractivity contribution in [1.82, 2.24) is 4.90 Å². The molecule has 3 atom stereocenters. The summed E-state index contributed by atoms with van der Waals surface area (Å²) in [5.74, 6) is 0.564. The van der Waals surface area contributed by atoms with Crippen LogP contribution in [0, 0.1) is 5.92 Å². The second-order valence-electron chi connectivity index (χ2n) is 4.95. The molecule has 0 aromatic heterocycles.